The molecular formula is C15H29NO2. The van der Waals surface area contributed by atoms with Crippen LogP contribution in [0.3, 0.4) is 0 Å². The van der Waals surface area contributed by atoms with Gasteiger partial charge in [-0.3, -0.25) is 0 Å². The van der Waals surface area contributed by atoms with Gasteiger partial charge in [0.25, 0.3) is 0 Å². The van der Waals surface area contributed by atoms with Crippen LogP contribution in [0.5, 0.6) is 0 Å². The summed E-state index contributed by atoms with van der Waals surface area (Å²) in [5.41, 5.74) is 0.251. The maximum absolute atomic E-state index is 6.15. The van der Waals surface area contributed by atoms with Crippen molar-refractivity contribution in [3.63, 3.8) is 0 Å². The van der Waals surface area contributed by atoms with E-state index in [2.05, 4.69) is 39.9 Å². The Morgan fingerprint density at radius 3 is 2.50 bits per heavy atom. The molecule has 2 unspecified atom stereocenters. The second-order valence-electron chi connectivity index (χ2n) is 7.74. The predicted octanol–water partition coefficient (Wildman–Crippen LogP) is 2.74. The SMILES string of the molecule is CC(C)(C)CCC1NCCOC12COC(C)(C)C2. The largest absolute Gasteiger partial charge is 0.372 e. The minimum Gasteiger partial charge on any atom is -0.372 e. The van der Waals surface area contributed by atoms with Gasteiger partial charge in [0.1, 0.15) is 5.60 Å². The molecule has 2 rings (SSSR count). The van der Waals surface area contributed by atoms with E-state index in [1.54, 1.807) is 0 Å². The van der Waals surface area contributed by atoms with E-state index in [9.17, 15) is 0 Å². The number of morpholine rings is 1. The molecule has 0 amide bonds. The lowest BCUT2D eigenvalue weighted by Crippen LogP contribution is -2.59. The summed E-state index contributed by atoms with van der Waals surface area (Å²) in [6, 6.07) is 0.437. The molecule has 3 heteroatoms. The van der Waals surface area contributed by atoms with Crippen LogP contribution in [0.1, 0.15) is 53.9 Å². The summed E-state index contributed by atoms with van der Waals surface area (Å²) >= 11 is 0. The summed E-state index contributed by atoms with van der Waals surface area (Å²) in [5.74, 6) is 0. The lowest BCUT2D eigenvalue weighted by Gasteiger charge is -2.42. The lowest BCUT2D eigenvalue weighted by molar-refractivity contribution is -0.101. The van der Waals surface area contributed by atoms with Crippen LogP contribution in [0.2, 0.25) is 0 Å². The average Bonchev–Trinajstić information content (AvgIpc) is 2.53. The quantitative estimate of drug-likeness (QED) is 0.823. The Hall–Kier alpha value is -0.120. The molecule has 0 aliphatic carbocycles. The highest BCUT2D eigenvalue weighted by Crippen LogP contribution is 2.40. The van der Waals surface area contributed by atoms with Crippen molar-refractivity contribution in [3.05, 3.63) is 0 Å². The van der Waals surface area contributed by atoms with Gasteiger partial charge in [0, 0.05) is 19.0 Å². The monoisotopic (exact) mass is 255 g/mol. The molecule has 1 N–H and O–H groups in total. The maximum Gasteiger partial charge on any atom is 0.109 e. The van der Waals surface area contributed by atoms with Crippen molar-refractivity contribution in [1.82, 2.24) is 5.32 Å². The average molecular weight is 255 g/mol. The van der Waals surface area contributed by atoms with Crippen molar-refractivity contribution in [1.29, 1.82) is 0 Å². The molecule has 2 aliphatic rings. The van der Waals surface area contributed by atoms with E-state index in [1.165, 1.54) is 12.8 Å². The molecule has 1 spiro atoms. The van der Waals surface area contributed by atoms with E-state index in [0.29, 0.717) is 11.5 Å². The maximum atomic E-state index is 6.15. The number of hydrogen-bond acceptors (Lipinski definition) is 3. The Kier molecular flexibility index (Phi) is 3.79. The van der Waals surface area contributed by atoms with Gasteiger partial charge in [-0.2, -0.15) is 0 Å². The lowest BCUT2D eigenvalue weighted by atomic mass is 9.80. The first-order chi connectivity index (χ1) is 8.23. The van der Waals surface area contributed by atoms with Gasteiger partial charge in [0.2, 0.25) is 0 Å². The molecule has 3 nitrogen and oxygen atoms in total. The Morgan fingerprint density at radius 2 is 1.94 bits per heavy atom. The van der Waals surface area contributed by atoms with Crippen LogP contribution in [0.15, 0.2) is 0 Å². The molecule has 0 aromatic heterocycles. The van der Waals surface area contributed by atoms with Gasteiger partial charge in [-0.1, -0.05) is 20.8 Å². The van der Waals surface area contributed by atoms with Crippen molar-refractivity contribution in [2.24, 2.45) is 5.41 Å². The Morgan fingerprint density at radius 1 is 1.22 bits per heavy atom. The zero-order chi connectivity index (χ0) is 13.4. The summed E-state index contributed by atoms with van der Waals surface area (Å²) in [6.07, 6.45) is 3.39. The first-order valence-electron chi connectivity index (χ1n) is 7.24. The normalized spacial score (nSPS) is 36.2. The molecule has 0 bridgehead atoms. The summed E-state index contributed by atoms with van der Waals surface area (Å²) in [7, 11) is 0. The summed E-state index contributed by atoms with van der Waals surface area (Å²) in [4.78, 5) is 0. The summed E-state index contributed by atoms with van der Waals surface area (Å²) in [6.45, 7) is 13.8. The van der Waals surface area contributed by atoms with Crippen LogP contribution in [0.4, 0.5) is 0 Å². The number of rotatable bonds is 2. The van der Waals surface area contributed by atoms with Gasteiger partial charge in [0.05, 0.1) is 18.8 Å². The predicted molar refractivity (Wildman–Crippen MR) is 73.8 cm³/mol. The van der Waals surface area contributed by atoms with E-state index >= 15 is 0 Å². The molecule has 106 valence electrons. The minimum atomic E-state index is -0.0903. The zero-order valence-electron chi connectivity index (χ0n) is 12.6. The molecule has 2 aliphatic heterocycles. The van der Waals surface area contributed by atoms with E-state index in [1.807, 2.05) is 0 Å². The molecule has 2 fully saturated rings. The smallest absolute Gasteiger partial charge is 0.109 e. The van der Waals surface area contributed by atoms with E-state index < -0.39 is 0 Å². The Balaban J connectivity index is 2.03. The Bertz CT molecular complexity index is 295. The summed E-state index contributed by atoms with van der Waals surface area (Å²) in [5, 5.41) is 3.66. The number of nitrogens with one attached hydrogen (secondary N) is 1. The third-order valence-electron chi connectivity index (χ3n) is 4.13. The van der Waals surface area contributed by atoms with Crippen molar-refractivity contribution >= 4 is 0 Å². The molecule has 18 heavy (non-hydrogen) atoms. The van der Waals surface area contributed by atoms with Gasteiger partial charge in [-0.05, 0) is 32.1 Å². The summed E-state index contributed by atoms with van der Waals surface area (Å²) < 4.78 is 12.1. The Labute approximate surface area is 112 Å². The fraction of sp³-hybridized carbons (Fsp3) is 1.00. The highest BCUT2D eigenvalue weighted by Gasteiger charge is 2.51. The molecule has 2 heterocycles. The van der Waals surface area contributed by atoms with Gasteiger partial charge < -0.3 is 14.8 Å². The molecule has 0 saturated carbocycles. The van der Waals surface area contributed by atoms with Gasteiger partial charge >= 0.3 is 0 Å². The van der Waals surface area contributed by atoms with E-state index in [0.717, 1.165) is 26.2 Å². The van der Waals surface area contributed by atoms with Crippen molar-refractivity contribution in [2.45, 2.75) is 71.1 Å². The molecule has 0 aromatic carbocycles. The second-order valence-corrected chi connectivity index (χ2v) is 7.74. The second kappa shape index (κ2) is 4.77. The van der Waals surface area contributed by atoms with E-state index in [-0.39, 0.29) is 11.2 Å². The highest BCUT2D eigenvalue weighted by atomic mass is 16.6. The van der Waals surface area contributed by atoms with Gasteiger partial charge in [0.15, 0.2) is 0 Å². The topological polar surface area (TPSA) is 30.5 Å². The highest BCUT2D eigenvalue weighted by molar-refractivity contribution is 5.04. The van der Waals surface area contributed by atoms with Crippen LogP contribution in [-0.2, 0) is 9.47 Å². The number of hydrogen-bond donors (Lipinski definition) is 1. The standard InChI is InChI=1S/C15H29NO2/c1-13(2,3)7-6-12-15(17-9-8-16-12)10-14(4,5)18-11-15/h12,16H,6-11H2,1-5H3. The van der Waals surface area contributed by atoms with Crippen molar-refractivity contribution in [2.75, 3.05) is 19.8 Å². The first kappa shape index (κ1) is 14.3. The fourth-order valence-electron chi connectivity index (χ4n) is 3.17. The van der Waals surface area contributed by atoms with Crippen LogP contribution in [0.25, 0.3) is 0 Å². The number of ether oxygens (including phenoxy) is 2. The molecule has 0 radical (unpaired) electrons. The van der Waals surface area contributed by atoms with Crippen LogP contribution >= 0.6 is 0 Å². The van der Waals surface area contributed by atoms with Crippen LogP contribution in [0, 0.1) is 5.41 Å². The van der Waals surface area contributed by atoms with Gasteiger partial charge in [-0.15, -0.1) is 0 Å². The molecule has 0 aromatic rings. The van der Waals surface area contributed by atoms with Crippen molar-refractivity contribution in [3.8, 4) is 0 Å². The van der Waals surface area contributed by atoms with Gasteiger partial charge in [-0.25, -0.2) is 0 Å². The van der Waals surface area contributed by atoms with E-state index in [4.69, 9.17) is 9.47 Å². The fourth-order valence-corrected chi connectivity index (χ4v) is 3.17. The van der Waals surface area contributed by atoms with Crippen molar-refractivity contribution < 1.29 is 9.47 Å². The first-order valence-corrected chi connectivity index (χ1v) is 7.24. The minimum absolute atomic E-state index is 0.0427. The molecule has 2 saturated heterocycles. The third kappa shape index (κ3) is 3.25. The van der Waals surface area contributed by atoms with Crippen LogP contribution < -0.4 is 5.32 Å². The van der Waals surface area contributed by atoms with Crippen LogP contribution in [-0.4, -0.2) is 37.0 Å². The third-order valence-corrected chi connectivity index (χ3v) is 4.13. The molecule has 2 atom stereocenters. The zero-order valence-corrected chi connectivity index (χ0v) is 12.6. The molecular weight excluding hydrogens is 226 g/mol.